The van der Waals surface area contributed by atoms with Crippen molar-refractivity contribution < 1.29 is 9.47 Å². The Balaban J connectivity index is 1.36. The fraction of sp³-hybridized carbons (Fsp3) is 0.625. The topological polar surface area (TPSA) is 21.8 Å². The van der Waals surface area contributed by atoms with Gasteiger partial charge < -0.3 is 9.47 Å². The maximum Gasteiger partial charge on any atom is 0.108 e. The molecular weight excluding hydrogens is 224 g/mol. The minimum atomic E-state index is 0.372. The van der Waals surface area contributed by atoms with Crippen LogP contribution in [0.2, 0.25) is 0 Å². The molecule has 1 saturated heterocycles. The Hall–Kier alpha value is -0.860. The Kier molecular flexibility index (Phi) is 3.96. The van der Waals surface area contributed by atoms with Crippen LogP contribution >= 0.6 is 0 Å². The van der Waals surface area contributed by atoms with Crippen LogP contribution in [0.15, 0.2) is 30.3 Å². The predicted molar refractivity (Wildman–Crippen MR) is 71.3 cm³/mol. The van der Waals surface area contributed by atoms with Crippen LogP contribution in [-0.4, -0.2) is 18.8 Å². The zero-order valence-electron chi connectivity index (χ0n) is 10.9. The van der Waals surface area contributed by atoms with Gasteiger partial charge in [-0.3, -0.25) is 0 Å². The molecule has 0 N–H and O–H groups in total. The van der Waals surface area contributed by atoms with E-state index in [0.29, 0.717) is 18.8 Å². The molecule has 0 aromatic heterocycles. The van der Waals surface area contributed by atoms with E-state index in [9.17, 15) is 0 Å². The molecule has 0 spiro atoms. The molecule has 18 heavy (non-hydrogen) atoms. The van der Waals surface area contributed by atoms with E-state index in [4.69, 9.17) is 9.47 Å². The van der Waals surface area contributed by atoms with Gasteiger partial charge in [-0.05, 0) is 24.3 Å². The first kappa shape index (κ1) is 12.2. The van der Waals surface area contributed by atoms with Crippen molar-refractivity contribution in [1.29, 1.82) is 0 Å². The molecule has 0 amide bonds. The zero-order valence-corrected chi connectivity index (χ0v) is 10.9. The van der Waals surface area contributed by atoms with Crippen molar-refractivity contribution in [2.75, 3.05) is 6.61 Å². The zero-order chi connectivity index (χ0) is 12.2. The van der Waals surface area contributed by atoms with Crippen molar-refractivity contribution in [1.82, 2.24) is 0 Å². The van der Waals surface area contributed by atoms with Crippen molar-refractivity contribution in [2.45, 2.75) is 50.9 Å². The van der Waals surface area contributed by atoms with Crippen LogP contribution in [0.25, 0.3) is 0 Å². The Morgan fingerprint density at radius 2 is 1.83 bits per heavy atom. The molecular formula is C16H22O2. The van der Waals surface area contributed by atoms with Crippen LogP contribution in [0.5, 0.6) is 0 Å². The van der Waals surface area contributed by atoms with Gasteiger partial charge >= 0.3 is 0 Å². The molecule has 3 rings (SSSR count). The Morgan fingerprint density at radius 3 is 2.61 bits per heavy atom. The molecule has 2 aliphatic rings. The van der Waals surface area contributed by atoms with Crippen molar-refractivity contribution >= 4 is 0 Å². The van der Waals surface area contributed by atoms with Gasteiger partial charge in [0.2, 0.25) is 0 Å². The minimum Gasteiger partial charge on any atom is -0.374 e. The minimum absolute atomic E-state index is 0.372. The summed E-state index contributed by atoms with van der Waals surface area (Å²) in [6, 6.07) is 10.3. The molecule has 1 aromatic rings. The molecule has 2 fully saturated rings. The summed E-state index contributed by atoms with van der Waals surface area (Å²) in [6.45, 7) is 1.47. The maximum absolute atomic E-state index is 5.77. The van der Waals surface area contributed by atoms with Crippen molar-refractivity contribution in [3.63, 3.8) is 0 Å². The lowest BCUT2D eigenvalue weighted by atomic mass is 9.86. The fourth-order valence-corrected chi connectivity index (χ4v) is 3.04. The lowest BCUT2D eigenvalue weighted by molar-refractivity contribution is 0.104. The average Bonchev–Trinajstić information content (AvgIpc) is 3.21. The predicted octanol–water partition coefficient (Wildman–Crippen LogP) is 3.55. The van der Waals surface area contributed by atoms with Crippen LogP contribution < -0.4 is 0 Å². The number of hydrogen-bond donors (Lipinski definition) is 0. The molecule has 2 atom stereocenters. The summed E-state index contributed by atoms with van der Waals surface area (Å²) in [6.07, 6.45) is 7.79. The van der Waals surface area contributed by atoms with Gasteiger partial charge in [-0.2, -0.15) is 0 Å². The number of ether oxygens (including phenoxy) is 2. The van der Waals surface area contributed by atoms with Crippen LogP contribution in [-0.2, 0) is 16.1 Å². The first-order valence-electron chi connectivity index (χ1n) is 7.20. The van der Waals surface area contributed by atoms with E-state index >= 15 is 0 Å². The van der Waals surface area contributed by atoms with E-state index in [0.717, 1.165) is 12.5 Å². The Bertz CT molecular complexity index is 357. The molecule has 1 aliphatic carbocycles. The highest BCUT2D eigenvalue weighted by atomic mass is 16.6. The lowest BCUT2D eigenvalue weighted by Gasteiger charge is -2.19. The van der Waals surface area contributed by atoms with Gasteiger partial charge in [0.15, 0.2) is 0 Å². The number of rotatable bonds is 5. The summed E-state index contributed by atoms with van der Waals surface area (Å²) in [7, 11) is 0. The van der Waals surface area contributed by atoms with Crippen LogP contribution in [0.3, 0.4) is 0 Å². The van der Waals surface area contributed by atoms with E-state index in [1.165, 1.54) is 37.7 Å². The van der Waals surface area contributed by atoms with Crippen molar-refractivity contribution in [2.24, 2.45) is 5.92 Å². The summed E-state index contributed by atoms with van der Waals surface area (Å²) in [5.74, 6) is 0.809. The smallest absolute Gasteiger partial charge is 0.108 e. The molecule has 2 nitrogen and oxygen atoms in total. The van der Waals surface area contributed by atoms with Crippen LogP contribution in [0.4, 0.5) is 0 Å². The molecule has 0 unspecified atom stereocenters. The molecule has 2 heteroatoms. The SMILES string of the molecule is c1ccc(COC[C@@H]2O[C@@H]2C2CCCCC2)cc1. The summed E-state index contributed by atoms with van der Waals surface area (Å²) in [5, 5.41) is 0. The molecule has 0 radical (unpaired) electrons. The van der Waals surface area contributed by atoms with Gasteiger partial charge in [0.1, 0.15) is 6.10 Å². The van der Waals surface area contributed by atoms with Gasteiger partial charge in [0.05, 0.1) is 19.3 Å². The summed E-state index contributed by atoms with van der Waals surface area (Å²) < 4.78 is 11.5. The highest BCUT2D eigenvalue weighted by Crippen LogP contribution is 2.38. The third-order valence-electron chi connectivity index (χ3n) is 4.13. The van der Waals surface area contributed by atoms with E-state index in [2.05, 4.69) is 24.3 Å². The molecule has 98 valence electrons. The molecule has 1 aromatic carbocycles. The number of hydrogen-bond acceptors (Lipinski definition) is 2. The molecule has 1 saturated carbocycles. The molecule has 0 bridgehead atoms. The molecule has 1 aliphatic heterocycles. The highest BCUT2D eigenvalue weighted by molar-refractivity contribution is 5.13. The monoisotopic (exact) mass is 246 g/mol. The standard InChI is InChI=1S/C16H22O2/c1-3-7-13(8-4-1)11-17-12-15-16(18-15)14-9-5-2-6-10-14/h1,3-4,7-8,14-16H,2,5-6,9-12H2/t15-,16+/m0/s1. The summed E-state index contributed by atoms with van der Waals surface area (Å²) in [4.78, 5) is 0. The second-order valence-corrected chi connectivity index (χ2v) is 5.54. The second-order valence-electron chi connectivity index (χ2n) is 5.54. The molecule has 1 heterocycles. The van der Waals surface area contributed by atoms with Gasteiger partial charge in [-0.1, -0.05) is 49.6 Å². The van der Waals surface area contributed by atoms with Gasteiger partial charge in [0.25, 0.3) is 0 Å². The summed E-state index contributed by atoms with van der Waals surface area (Å²) in [5.41, 5.74) is 1.24. The third kappa shape index (κ3) is 3.12. The third-order valence-corrected chi connectivity index (χ3v) is 4.13. The van der Waals surface area contributed by atoms with Crippen LogP contribution in [0.1, 0.15) is 37.7 Å². The lowest BCUT2D eigenvalue weighted by Crippen LogP contribution is -2.16. The summed E-state index contributed by atoms with van der Waals surface area (Å²) >= 11 is 0. The number of epoxide rings is 1. The Labute approximate surface area is 109 Å². The Morgan fingerprint density at radius 1 is 1.06 bits per heavy atom. The quantitative estimate of drug-likeness (QED) is 0.741. The van der Waals surface area contributed by atoms with Crippen molar-refractivity contribution in [3.05, 3.63) is 35.9 Å². The van der Waals surface area contributed by atoms with E-state index in [-0.39, 0.29) is 0 Å². The first-order chi connectivity index (χ1) is 8.93. The first-order valence-corrected chi connectivity index (χ1v) is 7.20. The van der Waals surface area contributed by atoms with E-state index in [1.807, 2.05) is 6.07 Å². The van der Waals surface area contributed by atoms with E-state index in [1.54, 1.807) is 0 Å². The maximum atomic E-state index is 5.77. The average molecular weight is 246 g/mol. The fourth-order valence-electron chi connectivity index (χ4n) is 3.04. The van der Waals surface area contributed by atoms with Gasteiger partial charge in [-0.25, -0.2) is 0 Å². The van der Waals surface area contributed by atoms with Crippen LogP contribution in [0, 0.1) is 5.92 Å². The van der Waals surface area contributed by atoms with Gasteiger partial charge in [0, 0.05) is 0 Å². The normalized spacial score (nSPS) is 28.2. The van der Waals surface area contributed by atoms with E-state index < -0.39 is 0 Å². The number of benzene rings is 1. The second kappa shape index (κ2) is 5.85. The largest absolute Gasteiger partial charge is 0.374 e. The highest BCUT2D eigenvalue weighted by Gasteiger charge is 2.44. The van der Waals surface area contributed by atoms with Crippen molar-refractivity contribution in [3.8, 4) is 0 Å². The van der Waals surface area contributed by atoms with Gasteiger partial charge in [-0.15, -0.1) is 0 Å².